The van der Waals surface area contributed by atoms with Crippen LogP contribution in [-0.2, 0) is 16.0 Å². The number of nitriles is 1. The molecule has 0 radical (unpaired) electrons. The normalized spacial score (nSPS) is 10.2. The lowest BCUT2D eigenvalue weighted by Gasteiger charge is -2.06. The molecule has 0 saturated heterocycles. The Hall–Kier alpha value is -3.59. The minimum atomic E-state index is -0.264. The van der Waals surface area contributed by atoms with Crippen LogP contribution in [0.5, 0.6) is 5.75 Å². The summed E-state index contributed by atoms with van der Waals surface area (Å²) in [6.45, 7) is 0.240. The van der Waals surface area contributed by atoms with Crippen molar-refractivity contribution in [1.29, 1.82) is 5.26 Å². The number of nitrogens with one attached hydrogen (secondary N) is 2. The molecule has 0 aliphatic rings. The van der Waals surface area contributed by atoms with Gasteiger partial charge in [0, 0.05) is 24.7 Å². The highest BCUT2D eigenvalue weighted by Crippen LogP contribution is 2.12. The van der Waals surface area contributed by atoms with Crippen LogP contribution in [0, 0.1) is 11.3 Å². The second-order valence-electron chi connectivity index (χ2n) is 5.73. The maximum Gasteiger partial charge on any atom is 0.244 e. The van der Waals surface area contributed by atoms with E-state index in [4.69, 9.17) is 10.00 Å². The van der Waals surface area contributed by atoms with Gasteiger partial charge in [0.25, 0.3) is 0 Å². The number of ether oxygens (including phenoxy) is 1. The topological polar surface area (TPSA) is 91.2 Å². The molecule has 0 heterocycles. The number of hydrogen-bond acceptors (Lipinski definition) is 4. The lowest BCUT2D eigenvalue weighted by Crippen LogP contribution is -2.26. The van der Waals surface area contributed by atoms with Gasteiger partial charge >= 0.3 is 0 Å². The van der Waals surface area contributed by atoms with Crippen LogP contribution in [0.25, 0.3) is 6.08 Å². The average molecular weight is 363 g/mol. The fourth-order valence-corrected chi connectivity index (χ4v) is 2.27. The van der Waals surface area contributed by atoms with Crippen LogP contribution in [0.2, 0.25) is 0 Å². The van der Waals surface area contributed by atoms with Crippen molar-refractivity contribution < 1.29 is 14.3 Å². The third-order valence-electron chi connectivity index (χ3n) is 3.72. The number of hydrogen-bond donors (Lipinski definition) is 2. The molecule has 0 atom stereocenters. The van der Waals surface area contributed by atoms with Crippen LogP contribution >= 0.6 is 0 Å². The average Bonchev–Trinajstić information content (AvgIpc) is 2.68. The Morgan fingerprint density at radius 1 is 1.11 bits per heavy atom. The lowest BCUT2D eigenvalue weighted by molar-refractivity contribution is -0.117. The number of rotatable bonds is 8. The van der Waals surface area contributed by atoms with E-state index >= 15 is 0 Å². The van der Waals surface area contributed by atoms with Gasteiger partial charge in [-0.25, -0.2) is 0 Å². The molecule has 2 N–H and O–H groups in total. The zero-order valence-corrected chi connectivity index (χ0v) is 15.1. The third-order valence-corrected chi connectivity index (χ3v) is 3.72. The molecule has 0 aliphatic carbocycles. The summed E-state index contributed by atoms with van der Waals surface area (Å²) in [6, 6.07) is 16.5. The van der Waals surface area contributed by atoms with Crippen molar-refractivity contribution in [3.05, 3.63) is 65.7 Å². The van der Waals surface area contributed by atoms with Gasteiger partial charge in [-0.15, -0.1) is 0 Å². The molecule has 2 amide bonds. The van der Waals surface area contributed by atoms with Gasteiger partial charge in [-0.3, -0.25) is 9.59 Å². The van der Waals surface area contributed by atoms with Crippen molar-refractivity contribution in [2.75, 3.05) is 19.0 Å². The second kappa shape index (κ2) is 10.4. The molecule has 6 nitrogen and oxygen atoms in total. The summed E-state index contributed by atoms with van der Waals surface area (Å²) >= 11 is 0. The van der Waals surface area contributed by atoms with Crippen LogP contribution in [-0.4, -0.2) is 25.5 Å². The SMILES string of the molecule is COc1ccc(/C=C/C(=O)NCCC(=O)Nc2ccc(CC#N)cc2)cc1. The second-order valence-corrected chi connectivity index (χ2v) is 5.73. The van der Waals surface area contributed by atoms with E-state index in [-0.39, 0.29) is 24.8 Å². The Bertz CT molecular complexity index is 834. The smallest absolute Gasteiger partial charge is 0.244 e. The van der Waals surface area contributed by atoms with Crippen LogP contribution in [0.4, 0.5) is 5.69 Å². The van der Waals surface area contributed by atoms with Crippen molar-refractivity contribution >= 4 is 23.6 Å². The molecule has 0 aliphatic heterocycles. The zero-order valence-electron chi connectivity index (χ0n) is 15.1. The van der Waals surface area contributed by atoms with Gasteiger partial charge in [-0.1, -0.05) is 24.3 Å². The Labute approximate surface area is 158 Å². The number of carbonyl (C=O) groups excluding carboxylic acids is 2. The minimum absolute atomic E-state index is 0.169. The fourth-order valence-electron chi connectivity index (χ4n) is 2.27. The Morgan fingerprint density at radius 2 is 1.81 bits per heavy atom. The number of methoxy groups -OCH3 is 1. The first-order valence-corrected chi connectivity index (χ1v) is 8.46. The summed E-state index contributed by atoms with van der Waals surface area (Å²) in [5, 5.41) is 14.1. The van der Waals surface area contributed by atoms with E-state index in [2.05, 4.69) is 16.7 Å². The van der Waals surface area contributed by atoms with E-state index in [1.165, 1.54) is 6.08 Å². The van der Waals surface area contributed by atoms with E-state index in [1.54, 1.807) is 37.5 Å². The molecule has 2 rings (SSSR count). The van der Waals surface area contributed by atoms with Crippen LogP contribution in [0.15, 0.2) is 54.6 Å². The summed E-state index contributed by atoms with van der Waals surface area (Å²) in [4.78, 5) is 23.7. The quantitative estimate of drug-likeness (QED) is 0.706. The molecule has 0 fully saturated rings. The molecular weight excluding hydrogens is 342 g/mol. The monoisotopic (exact) mass is 363 g/mol. The first-order valence-electron chi connectivity index (χ1n) is 8.46. The van der Waals surface area contributed by atoms with Gasteiger partial charge in [-0.2, -0.15) is 5.26 Å². The maximum atomic E-state index is 11.9. The van der Waals surface area contributed by atoms with E-state index in [0.29, 0.717) is 12.1 Å². The molecular formula is C21H21N3O3. The molecule has 0 spiro atoms. The van der Waals surface area contributed by atoms with E-state index in [1.807, 2.05) is 24.3 Å². The highest BCUT2D eigenvalue weighted by molar-refractivity contribution is 5.93. The Morgan fingerprint density at radius 3 is 2.44 bits per heavy atom. The number of nitrogens with zero attached hydrogens (tertiary/aromatic N) is 1. The largest absolute Gasteiger partial charge is 0.497 e. The number of amides is 2. The van der Waals surface area contributed by atoms with E-state index < -0.39 is 0 Å². The first kappa shape index (κ1) is 19.7. The number of benzene rings is 2. The fraction of sp³-hybridized carbons (Fsp3) is 0.190. The van der Waals surface area contributed by atoms with Crippen molar-refractivity contribution in [1.82, 2.24) is 5.32 Å². The predicted octanol–water partition coefficient (Wildman–Crippen LogP) is 2.92. The van der Waals surface area contributed by atoms with Crippen LogP contribution < -0.4 is 15.4 Å². The molecule has 2 aromatic rings. The lowest BCUT2D eigenvalue weighted by atomic mass is 10.1. The molecule has 0 bridgehead atoms. The Balaban J connectivity index is 1.71. The van der Waals surface area contributed by atoms with Gasteiger partial charge in [0.2, 0.25) is 11.8 Å². The van der Waals surface area contributed by atoms with Gasteiger partial charge in [0.15, 0.2) is 0 Å². The minimum Gasteiger partial charge on any atom is -0.497 e. The molecule has 138 valence electrons. The van der Waals surface area contributed by atoms with Gasteiger partial charge in [0.05, 0.1) is 19.6 Å². The van der Waals surface area contributed by atoms with Crippen molar-refractivity contribution in [3.8, 4) is 11.8 Å². The maximum absolute atomic E-state index is 11.9. The molecule has 27 heavy (non-hydrogen) atoms. The highest BCUT2D eigenvalue weighted by atomic mass is 16.5. The summed E-state index contributed by atoms with van der Waals surface area (Å²) in [7, 11) is 1.60. The number of anilines is 1. The third kappa shape index (κ3) is 7.04. The van der Waals surface area contributed by atoms with Gasteiger partial charge < -0.3 is 15.4 Å². The predicted molar refractivity (Wildman–Crippen MR) is 104 cm³/mol. The van der Waals surface area contributed by atoms with Crippen molar-refractivity contribution in [3.63, 3.8) is 0 Å². The van der Waals surface area contributed by atoms with Gasteiger partial charge in [0.1, 0.15) is 5.75 Å². The number of carbonyl (C=O) groups is 2. The molecule has 0 unspecified atom stereocenters. The molecule has 0 saturated carbocycles. The summed E-state index contributed by atoms with van der Waals surface area (Å²) in [5.41, 5.74) is 2.43. The highest BCUT2D eigenvalue weighted by Gasteiger charge is 2.03. The van der Waals surface area contributed by atoms with Gasteiger partial charge in [-0.05, 0) is 41.5 Å². The van der Waals surface area contributed by atoms with E-state index in [0.717, 1.165) is 16.9 Å². The van der Waals surface area contributed by atoms with Crippen molar-refractivity contribution in [2.24, 2.45) is 0 Å². The Kier molecular flexibility index (Phi) is 7.61. The van der Waals surface area contributed by atoms with Crippen molar-refractivity contribution in [2.45, 2.75) is 12.8 Å². The summed E-state index contributed by atoms with van der Waals surface area (Å²) in [6.07, 6.45) is 3.62. The van der Waals surface area contributed by atoms with Crippen LogP contribution in [0.1, 0.15) is 17.5 Å². The zero-order chi connectivity index (χ0) is 19.5. The summed E-state index contributed by atoms with van der Waals surface area (Å²) in [5.74, 6) is 0.296. The first-order chi connectivity index (χ1) is 13.1. The molecule has 6 heteroatoms. The van der Waals surface area contributed by atoms with Crippen LogP contribution in [0.3, 0.4) is 0 Å². The van der Waals surface area contributed by atoms with E-state index in [9.17, 15) is 9.59 Å². The standard InChI is InChI=1S/C21H21N3O3/c1-27-19-9-4-16(5-10-19)6-11-20(25)23-15-13-21(26)24-18-7-2-17(3-8-18)12-14-22/h2-11H,12-13,15H2,1H3,(H,23,25)(H,24,26)/b11-6+. The molecule has 0 aromatic heterocycles. The molecule has 2 aromatic carbocycles. The summed E-state index contributed by atoms with van der Waals surface area (Å²) < 4.78 is 5.08.